The van der Waals surface area contributed by atoms with E-state index >= 15 is 0 Å². The van der Waals surface area contributed by atoms with Crippen LogP contribution in [0.4, 0.5) is 4.39 Å². The van der Waals surface area contributed by atoms with Crippen LogP contribution in [-0.2, 0) is 11.2 Å². The highest BCUT2D eigenvalue weighted by atomic mass is 35.5. The molecule has 134 valence electrons. The van der Waals surface area contributed by atoms with Gasteiger partial charge in [-0.05, 0) is 79.1 Å². The Bertz CT molecular complexity index is 901. The molecular formula is C21H20ClFN2O. The van der Waals surface area contributed by atoms with Crippen molar-refractivity contribution in [3.05, 3.63) is 75.6 Å². The summed E-state index contributed by atoms with van der Waals surface area (Å²) in [7, 11) is 0. The Balaban J connectivity index is 1.81. The van der Waals surface area contributed by atoms with E-state index in [1.165, 1.54) is 29.5 Å². The molecule has 2 aromatic rings. The highest BCUT2D eigenvalue weighted by Gasteiger charge is 2.21. The van der Waals surface area contributed by atoms with Crippen LogP contribution in [0.25, 0.3) is 5.03 Å². The van der Waals surface area contributed by atoms with Crippen LogP contribution >= 0.6 is 11.6 Å². The monoisotopic (exact) mass is 370 g/mol. The largest absolute Gasteiger partial charge is 0.268 e. The number of carbonyl (C=O) groups excluding carboxylic acids is 1. The van der Waals surface area contributed by atoms with Crippen molar-refractivity contribution in [3.8, 4) is 0 Å². The van der Waals surface area contributed by atoms with Gasteiger partial charge in [0.25, 0.3) is 5.91 Å². The Labute approximate surface area is 157 Å². The molecule has 2 aromatic carbocycles. The van der Waals surface area contributed by atoms with Crippen molar-refractivity contribution >= 4 is 28.8 Å². The lowest BCUT2D eigenvalue weighted by atomic mass is 9.98. The predicted molar refractivity (Wildman–Crippen MR) is 104 cm³/mol. The van der Waals surface area contributed by atoms with E-state index in [9.17, 15) is 9.18 Å². The highest BCUT2D eigenvalue weighted by Crippen LogP contribution is 2.34. The average Bonchev–Trinajstić information content (AvgIpc) is 2.77. The zero-order valence-corrected chi connectivity index (χ0v) is 15.5. The molecule has 3 nitrogen and oxygen atoms in total. The number of hydrazone groups is 1. The van der Waals surface area contributed by atoms with Crippen molar-refractivity contribution in [1.82, 2.24) is 5.43 Å². The molecule has 0 aromatic heterocycles. The van der Waals surface area contributed by atoms with Crippen LogP contribution in [0.2, 0.25) is 0 Å². The van der Waals surface area contributed by atoms with Gasteiger partial charge in [0.15, 0.2) is 0 Å². The third-order valence-corrected chi connectivity index (χ3v) is 5.05. The molecule has 0 atom stereocenters. The molecule has 0 unspecified atom stereocenters. The minimum atomic E-state index is -0.314. The third kappa shape index (κ3) is 4.02. The van der Waals surface area contributed by atoms with Crippen LogP contribution in [0.15, 0.2) is 47.1 Å². The number of nitrogens with one attached hydrogen (secondary N) is 1. The highest BCUT2D eigenvalue weighted by molar-refractivity contribution is 6.51. The first kappa shape index (κ1) is 18.3. The molecular weight excluding hydrogens is 351 g/mol. The second-order valence-electron chi connectivity index (χ2n) is 6.49. The molecule has 0 heterocycles. The van der Waals surface area contributed by atoms with Crippen LogP contribution < -0.4 is 5.43 Å². The Kier molecular flexibility index (Phi) is 5.52. The van der Waals surface area contributed by atoms with Crippen LogP contribution in [0.3, 0.4) is 0 Å². The van der Waals surface area contributed by atoms with Gasteiger partial charge in [0, 0.05) is 5.57 Å². The zero-order chi connectivity index (χ0) is 18.7. The topological polar surface area (TPSA) is 41.5 Å². The Hall–Kier alpha value is -2.46. The molecule has 0 saturated carbocycles. The molecule has 1 N–H and O–H groups in total. The summed E-state index contributed by atoms with van der Waals surface area (Å²) in [6.45, 7) is 4.12. The fraction of sp³-hybridized carbons (Fsp3) is 0.238. The summed E-state index contributed by atoms with van der Waals surface area (Å²) in [6.07, 6.45) is 3.83. The number of benzene rings is 2. The molecule has 0 aliphatic heterocycles. The predicted octanol–water partition coefficient (Wildman–Crippen LogP) is 4.88. The standard InChI is InChI=1S/C21H20ClFN2O/c1-13-10-16-4-3-5-18(20(22)19(16)11-14(13)2)21(26)25-24-12-15-6-8-17(23)9-7-15/h6-12H,3-5H2,1-2H3,(H,25,26)/b24-12-. The first-order valence-electron chi connectivity index (χ1n) is 8.54. The van der Waals surface area contributed by atoms with E-state index in [0.29, 0.717) is 22.6 Å². The van der Waals surface area contributed by atoms with E-state index in [2.05, 4.69) is 23.5 Å². The molecule has 3 rings (SSSR count). The van der Waals surface area contributed by atoms with Crippen LogP contribution in [0.1, 0.15) is 40.7 Å². The molecule has 26 heavy (non-hydrogen) atoms. The van der Waals surface area contributed by atoms with Crippen LogP contribution in [-0.4, -0.2) is 12.1 Å². The van der Waals surface area contributed by atoms with Crippen molar-refractivity contribution in [1.29, 1.82) is 0 Å². The van der Waals surface area contributed by atoms with Gasteiger partial charge in [-0.15, -0.1) is 0 Å². The summed E-state index contributed by atoms with van der Waals surface area (Å²) >= 11 is 6.58. The Morgan fingerprint density at radius 3 is 2.58 bits per heavy atom. The maximum Gasteiger partial charge on any atom is 0.268 e. The molecule has 1 amide bonds. The molecule has 0 bridgehead atoms. The van der Waals surface area contributed by atoms with E-state index in [1.807, 2.05) is 13.0 Å². The molecule has 0 spiro atoms. The maximum absolute atomic E-state index is 12.9. The normalized spacial score (nSPS) is 14.3. The Morgan fingerprint density at radius 1 is 1.15 bits per heavy atom. The summed E-state index contributed by atoms with van der Waals surface area (Å²) in [5.74, 6) is -0.620. The molecule has 1 aliphatic carbocycles. The summed E-state index contributed by atoms with van der Waals surface area (Å²) in [6, 6.07) is 10.1. The molecule has 0 saturated heterocycles. The summed E-state index contributed by atoms with van der Waals surface area (Å²) in [4.78, 5) is 12.5. The number of fused-ring (bicyclic) bond motifs is 1. The third-order valence-electron chi connectivity index (χ3n) is 4.62. The summed E-state index contributed by atoms with van der Waals surface area (Å²) in [5.41, 5.74) is 8.25. The number of rotatable bonds is 3. The SMILES string of the molecule is Cc1cc2c(cc1C)C(Cl)=C(C(=O)N/N=C\c1ccc(F)cc1)CCC2. The molecule has 0 radical (unpaired) electrons. The van der Waals surface area contributed by atoms with Gasteiger partial charge in [0.2, 0.25) is 0 Å². The van der Waals surface area contributed by atoms with Gasteiger partial charge >= 0.3 is 0 Å². The lowest BCUT2D eigenvalue weighted by Gasteiger charge is -2.11. The smallest absolute Gasteiger partial charge is 0.268 e. The van der Waals surface area contributed by atoms with Crippen molar-refractivity contribution in [3.63, 3.8) is 0 Å². The molecule has 1 aliphatic rings. The quantitative estimate of drug-likeness (QED) is 0.607. The number of hydrogen-bond acceptors (Lipinski definition) is 2. The van der Waals surface area contributed by atoms with Gasteiger partial charge < -0.3 is 0 Å². The fourth-order valence-electron chi connectivity index (χ4n) is 3.01. The molecule has 5 heteroatoms. The second-order valence-corrected chi connectivity index (χ2v) is 6.87. The van der Waals surface area contributed by atoms with Crippen molar-refractivity contribution < 1.29 is 9.18 Å². The number of carbonyl (C=O) groups is 1. The fourth-order valence-corrected chi connectivity index (χ4v) is 3.37. The number of amides is 1. The number of aryl methyl sites for hydroxylation is 3. The minimum Gasteiger partial charge on any atom is -0.268 e. The van der Waals surface area contributed by atoms with Crippen molar-refractivity contribution in [2.24, 2.45) is 5.10 Å². The molecule has 0 fully saturated rings. The lowest BCUT2D eigenvalue weighted by Crippen LogP contribution is -2.20. The van der Waals surface area contributed by atoms with E-state index in [4.69, 9.17) is 11.6 Å². The van der Waals surface area contributed by atoms with Gasteiger partial charge in [-0.1, -0.05) is 29.8 Å². The van der Waals surface area contributed by atoms with E-state index in [0.717, 1.165) is 24.0 Å². The Morgan fingerprint density at radius 2 is 1.85 bits per heavy atom. The van der Waals surface area contributed by atoms with Crippen LogP contribution in [0.5, 0.6) is 0 Å². The lowest BCUT2D eigenvalue weighted by molar-refractivity contribution is -0.117. The van der Waals surface area contributed by atoms with Crippen molar-refractivity contribution in [2.45, 2.75) is 33.1 Å². The van der Waals surface area contributed by atoms with E-state index in [-0.39, 0.29) is 11.7 Å². The van der Waals surface area contributed by atoms with Crippen molar-refractivity contribution in [2.75, 3.05) is 0 Å². The van der Waals surface area contributed by atoms with Crippen LogP contribution in [0, 0.1) is 19.7 Å². The number of halogens is 2. The van der Waals surface area contributed by atoms with Gasteiger partial charge in [0.1, 0.15) is 5.82 Å². The number of hydrogen-bond donors (Lipinski definition) is 1. The van der Waals surface area contributed by atoms with Gasteiger partial charge in [0.05, 0.1) is 11.2 Å². The van der Waals surface area contributed by atoms with E-state index < -0.39 is 0 Å². The summed E-state index contributed by atoms with van der Waals surface area (Å²) in [5, 5.41) is 4.45. The zero-order valence-electron chi connectivity index (χ0n) is 14.8. The number of nitrogens with zero attached hydrogens (tertiary/aromatic N) is 1. The van der Waals surface area contributed by atoms with Gasteiger partial charge in [-0.3, -0.25) is 4.79 Å². The maximum atomic E-state index is 12.9. The summed E-state index contributed by atoms with van der Waals surface area (Å²) < 4.78 is 12.9. The van der Waals surface area contributed by atoms with E-state index in [1.54, 1.807) is 12.1 Å². The van der Waals surface area contributed by atoms with Gasteiger partial charge in [-0.25, -0.2) is 9.82 Å². The first-order chi connectivity index (χ1) is 12.5. The first-order valence-corrected chi connectivity index (χ1v) is 8.91. The average molecular weight is 371 g/mol. The van der Waals surface area contributed by atoms with Gasteiger partial charge in [-0.2, -0.15) is 5.10 Å². The second kappa shape index (κ2) is 7.83. The minimum absolute atomic E-state index is 0.306.